The Bertz CT molecular complexity index is 15.0. The molecule has 0 aromatic heterocycles. The first-order valence-electron chi connectivity index (χ1n) is 2.00. The molecule has 0 fully saturated rings. The number of unbranched alkanes of at least 4 members (excludes halogenated alkanes) is 1. The van der Waals surface area contributed by atoms with Crippen molar-refractivity contribution in [3.63, 3.8) is 0 Å². The molecule has 0 heterocycles. The fraction of sp³-hybridized carbons (Fsp3) is 1.00. The molecule has 0 radical (unpaired) electrons. The van der Waals surface area contributed by atoms with E-state index in [-0.39, 0.29) is 36.2 Å². The van der Waals surface area contributed by atoms with E-state index in [9.17, 15) is 5.11 Å². The van der Waals surface area contributed by atoms with E-state index in [2.05, 4.69) is 0 Å². The van der Waals surface area contributed by atoms with Crippen molar-refractivity contribution in [2.45, 2.75) is 19.8 Å². The van der Waals surface area contributed by atoms with Crippen LogP contribution in [0.1, 0.15) is 19.8 Å². The molecule has 0 N–H and O–H groups in total. The Balaban J connectivity index is 0. The summed E-state index contributed by atoms with van der Waals surface area (Å²) in [6.07, 6.45) is 1.86. The second-order valence-corrected chi connectivity index (χ2v) is 1.06. The van der Waals surface area contributed by atoms with Crippen molar-refractivity contribution in [3.05, 3.63) is 0 Å². The van der Waals surface area contributed by atoms with E-state index in [1.807, 2.05) is 6.92 Å². The van der Waals surface area contributed by atoms with Crippen LogP contribution in [0.3, 0.4) is 0 Å². The first kappa shape index (κ1) is 10.0. The van der Waals surface area contributed by atoms with Crippen LogP contribution in [0, 0.1) is 0 Å². The molecule has 0 bridgehead atoms. The van der Waals surface area contributed by atoms with Gasteiger partial charge in [0, 0.05) is 0 Å². The van der Waals surface area contributed by atoms with E-state index >= 15 is 0 Å². The van der Waals surface area contributed by atoms with Crippen LogP contribution in [0.4, 0.5) is 0 Å². The maximum absolute atomic E-state index is 9.53. The van der Waals surface area contributed by atoms with Gasteiger partial charge >= 0.3 is 29.6 Å². The molecule has 0 aliphatic heterocycles. The largest absolute Gasteiger partial charge is 1.00 e. The second kappa shape index (κ2) is 9.35. The Labute approximate surface area is 61.0 Å². The predicted octanol–water partition coefficient (Wildman–Crippen LogP) is -2.85. The van der Waals surface area contributed by atoms with Crippen molar-refractivity contribution in [1.29, 1.82) is 0 Å². The van der Waals surface area contributed by atoms with E-state index in [1.54, 1.807) is 0 Å². The molecule has 0 rings (SSSR count). The molecule has 0 aromatic rings. The van der Waals surface area contributed by atoms with Crippen molar-refractivity contribution in [2.24, 2.45) is 0 Å². The van der Waals surface area contributed by atoms with Crippen LogP contribution in [0.25, 0.3) is 0 Å². The van der Waals surface area contributed by atoms with Gasteiger partial charge in [0.1, 0.15) is 0 Å². The average Bonchev–Trinajstić information content (AvgIpc) is 1.41. The smallest absolute Gasteiger partial charge is 0.854 e. The summed E-state index contributed by atoms with van der Waals surface area (Å²) in [5, 5.41) is 9.53. The van der Waals surface area contributed by atoms with Crippen LogP contribution >= 0.6 is 0 Å². The van der Waals surface area contributed by atoms with Crippen molar-refractivity contribution >= 4 is 0 Å². The minimum Gasteiger partial charge on any atom is -0.854 e. The Morgan fingerprint density at radius 2 is 2.00 bits per heavy atom. The van der Waals surface area contributed by atoms with Gasteiger partial charge in [-0.3, -0.25) is 0 Å². The molecule has 2 heteroatoms. The molecule has 0 spiro atoms. The molecule has 6 heavy (non-hydrogen) atoms. The zero-order chi connectivity index (χ0) is 4.12. The summed E-state index contributed by atoms with van der Waals surface area (Å²) in [6.45, 7) is 2.11. The number of rotatable bonds is 2. The van der Waals surface area contributed by atoms with Gasteiger partial charge in [-0.25, -0.2) is 0 Å². The quantitative estimate of drug-likeness (QED) is 0.270. The first-order chi connectivity index (χ1) is 2.41. The van der Waals surface area contributed by atoms with E-state index in [0.29, 0.717) is 0 Å². The Morgan fingerprint density at radius 1 is 1.50 bits per heavy atom. The molecule has 32 valence electrons. The third-order valence-corrected chi connectivity index (χ3v) is 0.498. The molecule has 0 saturated heterocycles. The van der Waals surface area contributed by atoms with Gasteiger partial charge in [0.2, 0.25) is 0 Å². The number of hydrogen-bond acceptors (Lipinski definition) is 1. The maximum Gasteiger partial charge on any atom is 1.00 e. The Kier molecular flexibility index (Phi) is 15.7. The Morgan fingerprint density at radius 3 is 2.00 bits per heavy atom. The molecule has 0 amide bonds. The fourth-order valence-electron chi connectivity index (χ4n) is 0.144. The van der Waals surface area contributed by atoms with E-state index < -0.39 is 0 Å². The van der Waals surface area contributed by atoms with Gasteiger partial charge in [-0.1, -0.05) is 19.8 Å². The van der Waals surface area contributed by atoms with Crippen LogP contribution in [0.15, 0.2) is 0 Å². The van der Waals surface area contributed by atoms with Gasteiger partial charge in [-0.05, 0) is 0 Å². The third-order valence-electron chi connectivity index (χ3n) is 0.498. The van der Waals surface area contributed by atoms with Gasteiger partial charge in [-0.2, -0.15) is 0 Å². The van der Waals surface area contributed by atoms with E-state index in [4.69, 9.17) is 0 Å². The SMILES string of the molecule is [13CH3][13CH2][13CH2][13CH2][O-].[Na+]. The van der Waals surface area contributed by atoms with Crippen molar-refractivity contribution in [2.75, 3.05) is 6.61 Å². The minimum atomic E-state index is 0. The summed E-state index contributed by atoms with van der Waals surface area (Å²) in [6, 6.07) is 0. The van der Waals surface area contributed by atoms with Crippen molar-refractivity contribution in [3.8, 4) is 0 Å². The normalized spacial score (nSPS) is 7.00. The van der Waals surface area contributed by atoms with E-state index in [0.717, 1.165) is 12.8 Å². The van der Waals surface area contributed by atoms with Crippen LogP contribution in [0.5, 0.6) is 0 Å². The maximum atomic E-state index is 9.53. The molecule has 0 unspecified atom stereocenters. The summed E-state index contributed by atoms with van der Waals surface area (Å²) in [7, 11) is 0. The predicted molar refractivity (Wildman–Crippen MR) is 19.8 cm³/mol. The summed E-state index contributed by atoms with van der Waals surface area (Å²) in [4.78, 5) is 0. The van der Waals surface area contributed by atoms with Gasteiger partial charge in [0.15, 0.2) is 0 Å². The second-order valence-electron chi connectivity index (χ2n) is 1.06. The average molecular weight is 100 g/mol. The summed E-state index contributed by atoms with van der Waals surface area (Å²) in [5.74, 6) is 0. The van der Waals surface area contributed by atoms with Crippen molar-refractivity contribution in [1.82, 2.24) is 0 Å². The first-order valence-corrected chi connectivity index (χ1v) is 2.00. The third kappa shape index (κ3) is 8.88. The molecular formula is C4H9NaO. The zero-order valence-corrected chi connectivity index (χ0v) is 6.53. The topological polar surface area (TPSA) is 23.1 Å². The zero-order valence-electron chi connectivity index (χ0n) is 4.53. The molecule has 0 aliphatic rings. The van der Waals surface area contributed by atoms with Crippen molar-refractivity contribution < 1.29 is 34.7 Å². The molecule has 1 nitrogen and oxygen atoms in total. The van der Waals surface area contributed by atoms with Crippen LogP contribution in [-0.2, 0) is 0 Å². The molecule has 0 saturated carbocycles. The minimum absolute atomic E-state index is 0. The number of hydrogen-bond donors (Lipinski definition) is 0. The van der Waals surface area contributed by atoms with Gasteiger partial charge in [0.05, 0.1) is 0 Å². The Hall–Kier alpha value is 0.960. The molecule has 0 aliphatic carbocycles. The van der Waals surface area contributed by atoms with Crippen LogP contribution in [0.2, 0.25) is 0 Å². The van der Waals surface area contributed by atoms with Crippen LogP contribution < -0.4 is 34.7 Å². The summed E-state index contributed by atoms with van der Waals surface area (Å²) < 4.78 is 0. The van der Waals surface area contributed by atoms with Crippen LogP contribution in [-0.4, -0.2) is 6.61 Å². The van der Waals surface area contributed by atoms with Gasteiger partial charge in [0.25, 0.3) is 0 Å². The summed E-state index contributed by atoms with van der Waals surface area (Å²) >= 11 is 0. The monoisotopic (exact) mass is 100 g/mol. The van der Waals surface area contributed by atoms with Gasteiger partial charge < -0.3 is 5.11 Å². The molecule has 0 aromatic carbocycles. The molecule has 0 atom stereocenters. The molecular weight excluding hydrogens is 91.0 g/mol. The van der Waals surface area contributed by atoms with Gasteiger partial charge in [-0.15, -0.1) is 6.61 Å². The fourth-order valence-corrected chi connectivity index (χ4v) is 0.144. The standard InChI is InChI=1S/C4H9O.Na/c1-2-3-4-5;/h2-4H2,1H3;/q-1;+1/i1+1,2+1,3+1,4+1;. The summed E-state index contributed by atoms with van der Waals surface area (Å²) in [5.41, 5.74) is 0. The van der Waals surface area contributed by atoms with E-state index in [1.165, 1.54) is 0 Å².